The van der Waals surface area contributed by atoms with Crippen molar-refractivity contribution in [2.45, 2.75) is 32.4 Å². The second-order valence-corrected chi connectivity index (χ2v) is 5.14. The van der Waals surface area contributed by atoms with Crippen molar-refractivity contribution in [3.8, 4) is 11.5 Å². The maximum atomic E-state index is 6.07. The van der Waals surface area contributed by atoms with E-state index in [1.165, 1.54) is 0 Å². The molecule has 0 radical (unpaired) electrons. The van der Waals surface area contributed by atoms with Crippen molar-refractivity contribution < 1.29 is 14.2 Å². The normalized spacial score (nSPS) is 16.0. The Labute approximate surface area is 102 Å². The van der Waals surface area contributed by atoms with Crippen LogP contribution in [0.5, 0.6) is 11.5 Å². The van der Waals surface area contributed by atoms with Crippen LogP contribution in [0.25, 0.3) is 0 Å². The van der Waals surface area contributed by atoms with Gasteiger partial charge in [-0.05, 0) is 38.5 Å². The van der Waals surface area contributed by atoms with Gasteiger partial charge in [0, 0.05) is 0 Å². The van der Waals surface area contributed by atoms with E-state index in [-0.39, 0.29) is 18.4 Å². The van der Waals surface area contributed by atoms with Gasteiger partial charge in [0.25, 0.3) is 0 Å². The Morgan fingerprint density at radius 2 is 2.00 bits per heavy atom. The molecule has 0 saturated carbocycles. The molecule has 1 atom stereocenters. The molecule has 0 aliphatic carbocycles. The highest BCUT2D eigenvalue weighted by molar-refractivity contribution is 5.45. The van der Waals surface area contributed by atoms with E-state index in [0.29, 0.717) is 6.61 Å². The number of hydrogen-bond acceptors (Lipinski definition) is 4. The van der Waals surface area contributed by atoms with Gasteiger partial charge in [0.15, 0.2) is 11.5 Å². The predicted octanol–water partition coefficient (Wildman–Crippen LogP) is 2.23. The maximum absolute atomic E-state index is 6.07. The molecule has 0 saturated heterocycles. The molecule has 17 heavy (non-hydrogen) atoms. The second-order valence-electron chi connectivity index (χ2n) is 5.14. The molecule has 1 unspecified atom stereocenters. The van der Waals surface area contributed by atoms with Gasteiger partial charge in [-0.2, -0.15) is 0 Å². The van der Waals surface area contributed by atoms with Crippen molar-refractivity contribution in [2.24, 2.45) is 5.73 Å². The van der Waals surface area contributed by atoms with Crippen molar-refractivity contribution in [2.75, 3.05) is 13.4 Å². The molecular formula is C13H19NO3. The van der Waals surface area contributed by atoms with Crippen LogP contribution in [0.1, 0.15) is 32.4 Å². The van der Waals surface area contributed by atoms with Gasteiger partial charge in [-0.25, -0.2) is 0 Å². The third-order valence-electron chi connectivity index (χ3n) is 2.52. The van der Waals surface area contributed by atoms with Crippen molar-refractivity contribution >= 4 is 0 Å². The van der Waals surface area contributed by atoms with Gasteiger partial charge in [0.2, 0.25) is 6.79 Å². The third-order valence-corrected chi connectivity index (χ3v) is 2.52. The highest BCUT2D eigenvalue weighted by atomic mass is 16.7. The SMILES string of the molecule is CC(C)(C)OCC(N)c1ccc2c(c1)OCO2. The molecule has 94 valence electrons. The highest BCUT2D eigenvalue weighted by Gasteiger charge is 2.18. The zero-order valence-corrected chi connectivity index (χ0v) is 10.5. The highest BCUT2D eigenvalue weighted by Crippen LogP contribution is 2.33. The van der Waals surface area contributed by atoms with Gasteiger partial charge in [0.05, 0.1) is 18.2 Å². The molecule has 4 heteroatoms. The van der Waals surface area contributed by atoms with E-state index in [1.807, 2.05) is 39.0 Å². The summed E-state index contributed by atoms with van der Waals surface area (Å²) >= 11 is 0. The number of nitrogens with two attached hydrogens (primary N) is 1. The Balaban J connectivity index is 2.02. The van der Waals surface area contributed by atoms with Crippen molar-refractivity contribution in [3.05, 3.63) is 23.8 Å². The van der Waals surface area contributed by atoms with Crippen LogP contribution < -0.4 is 15.2 Å². The number of fused-ring (bicyclic) bond motifs is 1. The molecule has 1 heterocycles. The first-order chi connectivity index (χ1) is 7.96. The lowest BCUT2D eigenvalue weighted by Crippen LogP contribution is -2.26. The number of ether oxygens (including phenoxy) is 3. The monoisotopic (exact) mass is 237 g/mol. The minimum Gasteiger partial charge on any atom is -0.454 e. The summed E-state index contributed by atoms with van der Waals surface area (Å²) in [6.07, 6.45) is 0. The van der Waals surface area contributed by atoms with E-state index < -0.39 is 0 Å². The molecule has 0 aromatic heterocycles. The molecule has 2 rings (SSSR count). The molecule has 4 nitrogen and oxygen atoms in total. The first-order valence-corrected chi connectivity index (χ1v) is 5.75. The molecule has 0 fully saturated rings. The standard InChI is InChI=1S/C13H19NO3/c1-13(2,3)17-7-10(14)9-4-5-11-12(6-9)16-8-15-11/h4-6,10H,7-8,14H2,1-3H3. The summed E-state index contributed by atoms with van der Waals surface area (Å²) in [5.74, 6) is 1.53. The topological polar surface area (TPSA) is 53.7 Å². The second kappa shape index (κ2) is 4.55. The summed E-state index contributed by atoms with van der Waals surface area (Å²) in [7, 11) is 0. The van der Waals surface area contributed by atoms with Crippen LogP contribution >= 0.6 is 0 Å². The van der Waals surface area contributed by atoms with E-state index in [9.17, 15) is 0 Å². The maximum Gasteiger partial charge on any atom is 0.231 e. The fraction of sp³-hybridized carbons (Fsp3) is 0.538. The smallest absolute Gasteiger partial charge is 0.231 e. The molecule has 0 spiro atoms. The molecule has 0 amide bonds. The zero-order valence-electron chi connectivity index (χ0n) is 10.5. The average molecular weight is 237 g/mol. The fourth-order valence-electron chi connectivity index (χ4n) is 1.58. The van der Waals surface area contributed by atoms with Gasteiger partial charge >= 0.3 is 0 Å². The fourth-order valence-corrected chi connectivity index (χ4v) is 1.58. The van der Waals surface area contributed by atoms with Crippen LogP contribution in [0, 0.1) is 0 Å². The molecule has 0 bridgehead atoms. The van der Waals surface area contributed by atoms with Gasteiger partial charge in [-0.3, -0.25) is 0 Å². The summed E-state index contributed by atoms with van der Waals surface area (Å²) in [6, 6.07) is 5.60. The molecule has 1 aromatic carbocycles. The van der Waals surface area contributed by atoms with Crippen LogP contribution in [0.15, 0.2) is 18.2 Å². The molecule has 1 aliphatic rings. The number of benzene rings is 1. The molecular weight excluding hydrogens is 218 g/mol. The summed E-state index contributed by atoms with van der Waals surface area (Å²) in [4.78, 5) is 0. The quantitative estimate of drug-likeness (QED) is 0.875. The Hall–Kier alpha value is -1.26. The lowest BCUT2D eigenvalue weighted by Gasteiger charge is -2.22. The number of hydrogen-bond donors (Lipinski definition) is 1. The summed E-state index contributed by atoms with van der Waals surface area (Å²) < 4.78 is 16.2. The van der Waals surface area contributed by atoms with E-state index in [1.54, 1.807) is 0 Å². The molecule has 2 N–H and O–H groups in total. The molecule has 1 aliphatic heterocycles. The van der Waals surface area contributed by atoms with E-state index in [0.717, 1.165) is 17.1 Å². The van der Waals surface area contributed by atoms with Crippen molar-refractivity contribution in [3.63, 3.8) is 0 Å². The molecule has 1 aromatic rings. The zero-order chi connectivity index (χ0) is 12.5. The van der Waals surface area contributed by atoms with E-state index >= 15 is 0 Å². The first kappa shape index (κ1) is 12.2. The largest absolute Gasteiger partial charge is 0.454 e. The summed E-state index contributed by atoms with van der Waals surface area (Å²) in [5, 5.41) is 0. The Morgan fingerprint density at radius 1 is 1.29 bits per heavy atom. The van der Waals surface area contributed by atoms with E-state index in [2.05, 4.69) is 0 Å². The average Bonchev–Trinajstić information content (AvgIpc) is 2.71. The minimum atomic E-state index is -0.173. The minimum absolute atomic E-state index is 0.149. The van der Waals surface area contributed by atoms with Crippen molar-refractivity contribution in [1.29, 1.82) is 0 Å². The Bertz CT molecular complexity index is 398. The predicted molar refractivity (Wildman–Crippen MR) is 65.2 cm³/mol. The van der Waals surface area contributed by atoms with Gasteiger partial charge < -0.3 is 19.9 Å². The van der Waals surface area contributed by atoms with Crippen LogP contribution in [0.3, 0.4) is 0 Å². The van der Waals surface area contributed by atoms with Gasteiger partial charge in [-0.1, -0.05) is 6.07 Å². The van der Waals surface area contributed by atoms with Gasteiger partial charge in [0.1, 0.15) is 0 Å². The number of rotatable bonds is 3. The first-order valence-electron chi connectivity index (χ1n) is 5.75. The summed E-state index contributed by atoms with van der Waals surface area (Å²) in [5.41, 5.74) is 6.90. The van der Waals surface area contributed by atoms with E-state index in [4.69, 9.17) is 19.9 Å². The Kier molecular flexibility index (Phi) is 3.26. The van der Waals surface area contributed by atoms with Crippen molar-refractivity contribution in [1.82, 2.24) is 0 Å². The van der Waals surface area contributed by atoms with Crippen LogP contribution in [0.4, 0.5) is 0 Å². The lowest BCUT2D eigenvalue weighted by molar-refractivity contribution is -0.0102. The third kappa shape index (κ3) is 3.11. The Morgan fingerprint density at radius 3 is 2.71 bits per heavy atom. The van der Waals surface area contributed by atoms with Crippen LogP contribution in [-0.2, 0) is 4.74 Å². The van der Waals surface area contributed by atoms with Crippen LogP contribution in [-0.4, -0.2) is 19.0 Å². The van der Waals surface area contributed by atoms with Crippen LogP contribution in [0.2, 0.25) is 0 Å². The summed E-state index contributed by atoms with van der Waals surface area (Å²) in [6.45, 7) is 6.81. The van der Waals surface area contributed by atoms with Gasteiger partial charge in [-0.15, -0.1) is 0 Å². The lowest BCUT2D eigenvalue weighted by atomic mass is 10.1.